The smallest absolute Gasteiger partial charge is 0.261 e. The maximum atomic E-state index is 12.8. The van der Waals surface area contributed by atoms with E-state index in [-0.39, 0.29) is 23.7 Å². The minimum atomic E-state index is -3.75. The normalized spacial score (nSPS) is 19.8. The number of nitrogens with zero attached hydrogens (tertiary/aromatic N) is 4. The van der Waals surface area contributed by atoms with Crippen molar-refractivity contribution in [2.75, 3.05) is 10.5 Å². The van der Waals surface area contributed by atoms with E-state index < -0.39 is 16.3 Å². The molecule has 1 aromatic heterocycles. The predicted octanol–water partition coefficient (Wildman–Crippen LogP) is 3.84. The zero-order valence-corrected chi connectivity index (χ0v) is 22.2. The standard InChI is InChI=1S/C26H27N5O5S2/c1-31-26(27-29-30-31)37-17-22-15-24(19-12-10-18(16-32)11-13-19)36-25(35-22)20-6-5-7-21(14-20)28-38(33,34)23-8-3-2-4-9-23/h2-14,22,24-25,28,32H,15-17H2,1H3/t22-,24+,25+/m0/s1. The third kappa shape index (κ3) is 6.22. The summed E-state index contributed by atoms with van der Waals surface area (Å²) in [5.41, 5.74) is 2.87. The number of aliphatic hydroxyl groups is 1. The highest BCUT2D eigenvalue weighted by Crippen LogP contribution is 2.39. The lowest BCUT2D eigenvalue weighted by Crippen LogP contribution is -2.31. The number of ether oxygens (including phenoxy) is 2. The molecule has 0 spiro atoms. The average Bonchev–Trinajstić information content (AvgIpc) is 3.36. The van der Waals surface area contributed by atoms with Gasteiger partial charge in [0.2, 0.25) is 5.16 Å². The predicted molar refractivity (Wildman–Crippen MR) is 142 cm³/mol. The second-order valence-corrected chi connectivity index (χ2v) is 11.5. The molecule has 4 aromatic rings. The summed E-state index contributed by atoms with van der Waals surface area (Å²) in [7, 11) is -1.97. The number of hydrogen-bond donors (Lipinski definition) is 2. The first-order valence-electron chi connectivity index (χ1n) is 11.9. The van der Waals surface area contributed by atoms with Crippen molar-refractivity contribution in [1.82, 2.24) is 20.2 Å². The fraction of sp³-hybridized carbons (Fsp3) is 0.269. The van der Waals surface area contributed by atoms with Gasteiger partial charge >= 0.3 is 0 Å². The Morgan fingerprint density at radius 1 is 1.03 bits per heavy atom. The molecule has 0 bridgehead atoms. The minimum absolute atomic E-state index is 0.0335. The van der Waals surface area contributed by atoms with Gasteiger partial charge < -0.3 is 14.6 Å². The molecule has 1 saturated heterocycles. The molecule has 198 valence electrons. The molecule has 1 aliphatic rings. The first-order valence-corrected chi connectivity index (χ1v) is 14.4. The second-order valence-electron chi connectivity index (χ2n) is 8.79. The number of thioether (sulfide) groups is 1. The van der Waals surface area contributed by atoms with Gasteiger partial charge in [-0.3, -0.25) is 4.72 Å². The highest BCUT2D eigenvalue weighted by atomic mass is 32.2. The van der Waals surface area contributed by atoms with Crippen LogP contribution in [0.3, 0.4) is 0 Å². The molecule has 5 rings (SSSR count). The van der Waals surface area contributed by atoms with Crippen molar-refractivity contribution >= 4 is 27.5 Å². The van der Waals surface area contributed by atoms with Crippen molar-refractivity contribution in [2.24, 2.45) is 7.05 Å². The molecule has 0 unspecified atom stereocenters. The van der Waals surface area contributed by atoms with Crippen LogP contribution in [0, 0.1) is 0 Å². The van der Waals surface area contributed by atoms with Gasteiger partial charge in [-0.25, -0.2) is 13.1 Å². The van der Waals surface area contributed by atoms with E-state index in [1.54, 1.807) is 60.3 Å². The molecular weight excluding hydrogens is 526 g/mol. The molecular formula is C26H27N5O5S2. The summed E-state index contributed by atoms with van der Waals surface area (Å²) in [4.78, 5) is 0.178. The maximum absolute atomic E-state index is 12.8. The summed E-state index contributed by atoms with van der Waals surface area (Å²) in [5, 5.41) is 21.7. The van der Waals surface area contributed by atoms with Crippen LogP contribution in [0.2, 0.25) is 0 Å². The molecule has 2 N–H and O–H groups in total. The van der Waals surface area contributed by atoms with Gasteiger partial charge in [0.15, 0.2) is 6.29 Å². The van der Waals surface area contributed by atoms with Crippen LogP contribution < -0.4 is 4.72 Å². The first-order chi connectivity index (χ1) is 18.4. The largest absolute Gasteiger partial charge is 0.392 e. The number of aliphatic hydroxyl groups excluding tert-OH is 1. The van der Waals surface area contributed by atoms with Crippen LogP contribution in [0.4, 0.5) is 5.69 Å². The quantitative estimate of drug-likeness (QED) is 0.297. The van der Waals surface area contributed by atoms with Crippen LogP contribution in [0.5, 0.6) is 0 Å². The van der Waals surface area contributed by atoms with Crippen LogP contribution in [0.15, 0.2) is 88.9 Å². The first kappa shape index (κ1) is 26.3. The van der Waals surface area contributed by atoms with Gasteiger partial charge in [-0.2, -0.15) is 0 Å². The van der Waals surface area contributed by atoms with Gasteiger partial charge in [0.1, 0.15) is 0 Å². The van der Waals surface area contributed by atoms with E-state index in [1.807, 2.05) is 30.3 Å². The molecule has 3 atom stereocenters. The number of tetrazole rings is 1. The third-order valence-corrected chi connectivity index (χ3v) is 8.60. The Balaban J connectivity index is 1.38. The van der Waals surface area contributed by atoms with Crippen LogP contribution in [-0.2, 0) is 33.2 Å². The van der Waals surface area contributed by atoms with Crippen molar-refractivity contribution in [3.63, 3.8) is 0 Å². The Hall–Kier alpha value is -3.29. The lowest BCUT2D eigenvalue weighted by atomic mass is 10.0. The van der Waals surface area contributed by atoms with Crippen molar-refractivity contribution in [3.8, 4) is 0 Å². The van der Waals surface area contributed by atoms with Gasteiger partial charge in [-0.15, -0.1) is 5.10 Å². The minimum Gasteiger partial charge on any atom is -0.392 e. The van der Waals surface area contributed by atoms with Crippen molar-refractivity contribution < 1.29 is 23.0 Å². The van der Waals surface area contributed by atoms with Crippen LogP contribution >= 0.6 is 11.8 Å². The Morgan fingerprint density at radius 2 is 1.82 bits per heavy atom. The Labute approximate surface area is 225 Å². The molecule has 0 aliphatic carbocycles. The lowest BCUT2D eigenvalue weighted by molar-refractivity contribution is -0.245. The lowest BCUT2D eigenvalue weighted by Gasteiger charge is -2.36. The number of nitrogens with one attached hydrogen (secondary N) is 1. The van der Waals surface area contributed by atoms with Gasteiger partial charge in [-0.05, 0) is 45.8 Å². The third-order valence-electron chi connectivity index (χ3n) is 6.06. The van der Waals surface area contributed by atoms with Crippen LogP contribution in [0.1, 0.15) is 35.5 Å². The number of sulfonamides is 1. The molecule has 2 heterocycles. The van der Waals surface area contributed by atoms with Gasteiger partial charge in [0, 0.05) is 30.5 Å². The Bertz CT molecular complexity index is 1460. The molecule has 0 amide bonds. The summed E-state index contributed by atoms with van der Waals surface area (Å²) in [5.74, 6) is 0.597. The van der Waals surface area contributed by atoms with Gasteiger partial charge in [-0.1, -0.05) is 66.4 Å². The number of aryl methyl sites for hydroxylation is 1. The Kier molecular flexibility index (Phi) is 8.05. The summed E-state index contributed by atoms with van der Waals surface area (Å²) in [6.45, 7) is -0.0335. The topological polar surface area (TPSA) is 128 Å². The van der Waals surface area contributed by atoms with Crippen molar-refractivity contribution in [2.45, 2.75) is 41.6 Å². The zero-order chi connectivity index (χ0) is 26.5. The number of rotatable bonds is 9. The highest BCUT2D eigenvalue weighted by molar-refractivity contribution is 7.99. The fourth-order valence-corrected chi connectivity index (χ4v) is 6.03. The van der Waals surface area contributed by atoms with E-state index in [2.05, 4.69) is 20.2 Å². The van der Waals surface area contributed by atoms with E-state index in [0.29, 0.717) is 28.6 Å². The average molecular weight is 554 g/mol. The number of hydrogen-bond acceptors (Lipinski definition) is 9. The van der Waals surface area contributed by atoms with Crippen molar-refractivity contribution in [3.05, 3.63) is 95.6 Å². The number of benzene rings is 3. The van der Waals surface area contributed by atoms with E-state index in [9.17, 15) is 13.5 Å². The molecule has 10 nitrogen and oxygen atoms in total. The molecule has 38 heavy (non-hydrogen) atoms. The summed E-state index contributed by atoms with van der Waals surface area (Å²) < 4.78 is 42.6. The van der Waals surface area contributed by atoms with Crippen molar-refractivity contribution in [1.29, 1.82) is 0 Å². The summed E-state index contributed by atoms with van der Waals surface area (Å²) in [6, 6.07) is 22.9. The van der Waals surface area contributed by atoms with Crippen LogP contribution in [-0.4, -0.2) is 45.6 Å². The molecule has 1 fully saturated rings. The summed E-state index contributed by atoms with van der Waals surface area (Å²) in [6.07, 6.45) is -0.583. The molecule has 1 aliphatic heterocycles. The number of aromatic nitrogens is 4. The molecule has 0 radical (unpaired) electrons. The van der Waals surface area contributed by atoms with Gasteiger partial charge in [0.05, 0.1) is 23.7 Å². The van der Waals surface area contributed by atoms with E-state index >= 15 is 0 Å². The molecule has 3 aromatic carbocycles. The van der Waals surface area contributed by atoms with E-state index in [4.69, 9.17) is 9.47 Å². The second kappa shape index (κ2) is 11.6. The Morgan fingerprint density at radius 3 is 2.53 bits per heavy atom. The zero-order valence-electron chi connectivity index (χ0n) is 20.5. The SMILES string of the molecule is Cn1nnnc1SC[C@@H]1C[C@H](c2ccc(CO)cc2)O[C@H](c2cccc(NS(=O)(=O)c3ccccc3)c2)O1. The maximum Gasteiger partial charge on any atom is 0.261 e. The summed E-state index contributed by atoms with van der Waals surface area (Å²) >= 11 is 1.49. The molecule has 0 saturated carbocycles. The molecule has 12 heteroatoms. The van der Waals surface area contributed by atoms with Gasteiger partial charge in [0.25, 0.3) is 10.0 Å². The fourth-order valence-electron chi connectivity index (χ4n) is 4.10. The highest BCUT2D eigenvalue weighted by Gasteiger charge is 2.33. The van der Waals surface area contributed by atoms with E-state index in [1.165, 1.54) is 11.8 Å². The number of anilines is 1. The van der Waals surface area contributed by atoms with Crippen LogP contribution in [0.25, 0.3) is 0 Å². The monoisotopic (exact) mass is 553 g/mol. The van der Waals surface area contributed by atoms with E-state index in [0.717, 1.165) is 11.1 Å².